The quantitative estimate of drug-likeness (QED) is 0.744. The molecule has 0 N–H and O–H groups in total. The fraction of sp³-hybridized carbons (Fsp3) is 0.478. The van der Waals surface area contributed by atoms with E-state index in [1.54, 1.807) is 11.3 Å². The summed E-state index contributed by atoms with van der Waals surface area (Å²) in [5, 5.41) is 3.20. The zero-order valence-electron chi connectivity index (χ0n) is 17.2. The van der Waals surface area contributed by atoms with E-state index in [4.69, 9.17) is 4.99 Å². The molecule has 1 amide bonds. The second kappa shape index (κ2) is 8.78. The highest BCUT2D eigenvalue weighted by atomic mass is 32.1. The Morgan fingerprint density at radius 2 is 2.10 bits per heavy atom. The van der Waals surface area contributed by atoms with Crippen molar-refractivity contribution in [3.05, 3.63) is 57.8 Å². The largest absolute Gasteiger partial charge is 0.338 e. The van der Waals surface area contributed by atoms with Crippen LogP contribution in [0.3, 0.4) is 0 Å². The molecule has 6 nitrogen and oxygen atoms in total. The van der Waals surface area contributed by atoms with E-state index in [2.05, 4.69) is 19.8 Å². The fourth-order valence-electron chi connectivity index (χ4n) is 4.84. The number of rotatable bonds is 5. The standard InChI is InChI=1S/C23H27N5OS/c29-22(12-17-2-1-9-27(14-17)16-21-25-8-11-30-21)28-10-5-19-13-26-23(20(19)15-28)18-3-6-24-7-4-18/h3-4,6-8,11,17H,1-2,5,9-10,12-16H2/t17-/m0/s1. The molecule has 1 saturated heterocycles. The van der Waals surface area contributed by atoms with E-state index in [1.165, 1.54) is 16.2 Å². The highest BCUT2D eigenvalue weighted by Gasteiger charge is 2.31. The molecule has 0 saturated carbocycles. The first kappa shape index (κ1) is 19.6. The SMILES string of the molecule is O=C(C[C@@H]1CCCN(Cc2nccs2)C1)N1CCC2=C(C1)C(c1ccncc1)=NC2. The number of hydrogen-bond acceptors (Lipinski definition) is 6. The van der Waals surface area contributed by atoms with Crippen LogP contribution < -0.4 is 0 Å². The van der Waals surface area contributed by atoms with Crippen molar-refractivity contribution in [2.24, 2.45) is 10.9 Å². The number of likely N-dealkylation sites (tertiary alicyclic amines) is 1. The fourth-order valence-corrected chi connectivity index (χ4v) is 5.49. The molecule has 0 unspecified atom stereocenters. The molecule has 0 aromatic carbocycles. The Kier molecular flexibility index (Phi) is 5.73. The van der Waals surface area contributed by atoms with Gasteiger partial charge >= 0.3 is 0 Å². The van der Waals surface area contributed by atoms with Crippen LogP contribution in [-0.4, -0.2) is 64.1 Å². The summed E-state index contributed by atoms with van der Waals surface area (Å²) in [6.45, 7) is 5.32. The summed E-state index contributed by atoms with van der Waals surface area (Å²) in [4.78, 5) is 31.0. The summed E-state index contributed by atoms with van der Waals surface area (Å²) >= 11 is 1.71. The Labute approximate surface area is 181 Å². The topological polar surface area (TPSA) is 61.7 Å². The van der Waals surface area contributed by atoms with Crippen LogP contribution in [0.1, 0.15) is 36.3 Å². The lowest BCUT2D eigenvalue weighted by molar-refractivity contribution is -0.132. The van der Waals surface area contributed by atoms with Crippen LogP contribution in [0, 0.1) is 5.92 Å². The van der Waals surface area contributed by atoms with Crippen molar-refractivity contribution in [1.29, 1.82) is 0 Å². The molecular weight excluding hydrogens is 394 g/mol. The van der Waals surface area contributed by atoms with Crippen LogP contribution in [-0.2, 0) is 11.3 Å². The lowest BCUT2D eigenvalue weighted by Gasteiger charge is -2.34. The molecular formula is C23H27N5OS. The Bertz CT molecular complexity index is 953. The number of pyridine rings is 1. The van der Waals surface area contributed by atoms with Crippen LogP contribution >= 0.6 is 11.3 Å². The van der Waals surface area contributed by atoms with Crippen molar-refractivity contribution in [1.82, 2.24) is 19.8 Å². The Morgan fingerprint density at radius 3 is 2.93 bits per heavy atom. The molecule has 30 heavy (non-hydrogen) atoms. The van der Waals surface area contributed by atoms with E-state index in [1.807, 2.05) is 36.1 Å². The Morgan fingerprint density at radius 1 is 1.20 bits per heavy atom. The van der Waals surface area contributed by atoms with Crippen molar-refractivity contribution in [2.45, 2.75) is 32.2 Å². The first-order valence-corrected chi connectivity index (χ1v) is 11.7. The van der Waals surface area contributed by atoms with Gasteiger partial charge in [-0.2, -0.15) is 0 Å². The number of amides is 1. The highest BCUT2D eigenvalue weighted by molar-refractivity contribution is 7.09. The summed E-state index contributed by atoms with van der Waals surface area (Å²) < 4.78 is 0. The number of piperidine rings is 1. The van der Waals surface area contributed by atoms with Crippen LogP contribution in [0.2, 0.25) is 0 Å². The zero-order chi connectivity index (χ0) is 20.3. The maximum absolute atomic E-state index is 13.1. The number of aromatic nitrogens is 2. The van der Waals surface area contributed by atoms with Gasteiger partial charge in [0.15, 0.2) is 0 Å². The molecule has 1 fully saturated rings. The molecule has 3 aliphatic heterocycles. The molecule has 7 heteroatoms. The Hall–Kier alpha value is -2.38. The van der Waals surface area contributed by atoms with E-state index in [0.717, 1.165) is 63.3 Å². The number of carbonyl (C=O) groups excluding carboxylic acids is 1. The van der Waals surface area contributed by atoms with Gasteiger partial charge in [0.25, 0.3) is 0 Å². The van der Waals surface area contributed by atoms with Crippen molar-refractivity contribution in [2.75, 3.05) is 32.7 Å². The molecule has 2 aromatic heterocycles. The number of thiazole rings is 1. The van der Waals surface area contributed by atoms with Crippen molar-refractivity contribution < 1.29 is 4.79 Å². The summed E-state index contributed by atoms with van der Waals surface area (Å²) in [6.07, 6.45) is 9.39. The number of carbonyl (C=O) groups is 1. The van der Waals surface area contributed by atoms with E-state index in [0.29, 0.717) is 24.8 Å². The second-order valence-corrected chi connectivity index (χ2v) is 9.40. The van der Waals surface area contributed by atoms with Crippen LogP contribution in [0.5, 0.6) is 0 Å². The van der Waals surface area contributed by atoms with Crippen molar-refractivity contribution >= 4 is 23.0 Å². The van der Waals surface area contributed by atoms with Crippen LogP contribution in [0.4, 0.5) is 0 Å². The molecule has 3 aliphatic rings. The van der Waals surface area contributed by atoms with E-state index < -0.39 is 0 Å². The molecule has 0 radical (unpaired) electrons. The highest BCUT2D eigenvalue weighted by Crippen LogP contribution is 2.29. The van der Waals surface area contributed by atoms with E-state index in [-0.39, 0.29) is 0 Å². The summed E-state index contributed by atoms with van der Waals surface area (Å²) in [6, 6.07) is 4.02. The molecule has 5 rings (SSSR count). The third kappa shape index (κ3) is 4.23. The normalized spacial score (nSPS) is 22.2. The number of hydrogen-bond donors (Lipinski definition) is 0. The molecule has 156 valence electrons. The second-order valence-electron chi connectivity index (χ2n) is 8.42. The van der Waals surface area contributed by atoms with Gasteiger partial charge in [-0.3, -0.25) is 19.7 Å². The van der Waals surface area contributed by atoms with Gasteiger partial charge in [0, 0.05) is 55.6 Å². The average Bonchev–Trinajstić information content (AvgIpc) is 3.44. The molecule has 1 atom stereocenters. The molecule has 0 aliphatic carbocycles. The molecule has 0 bridgehead atoms. The molecule has 0 spiro atoms. The van der Waals surface area contributed by atoms with Gasteiger partial charge in [-0.1, -0.05) is 0 Å². The van der Waals surface area contributed by atoms with E-state index >= 15 is 0 Å². The van der Waals surface area contributed by atoms with Gasteiger partial charge in [0.1, 0.15) is 5.01 Å². The predicted octanol–water partition coefficient (Wildman–Crippen LogP) is 3.17. The third-order valence-electron chi connectivity index (χ3n) is 6.39. The first-order valence-electron chi connectivity index (χ1n) is 10.8. The van der Waals surface area contributed by atoms with Crippen molar-refractivity contribution in [3.63, 3.8) is 0 Å². The van der Waals surface area contributed by atoms with Gasteiger partial charge in [-0.15, -0.1) is 11.3 Å². The first-order chi connectivity index (χ1) is 14.8. The third-order valence-corrected chi connectivity index (χ3v) is 7.15. The lowest BCUT2D eigenvalue weighted by atomic mass is 9.92. The van der Waals surface area contributed by atoms with Gasteiger partial charge < -0.3 is 4.90 Å². The molecule has 5 heterocycles. The minimum absolute atomic E-state index is 0.295. The van der Waals surface area contributed by atoms with Crippen molar-refractivity contribution in [3.8, 4) is 0 Å². The number of aliphatic imine (C=N–C) groups is 1. The minimum atomic E-state index is 0.295. The van der Waals surface area contributed by atoms with Crippen LogP contribution in [0.15, 0.2) is 52.2 Å². The molecule has 2 aromatic rings. The summed E-state index contributed by atoms with van der Waals surface area (Å²) in [7, 11) is 0. The lowest BCUT2D eigenvalue weighted by Crippen LogP contribution is -2.41. The monoisotopic (exact) mass is 421 g/mol. The van der Waals surface area contributed by atoms with Gasteiger partial charge in [0.05, 0.1) is 18.8 Å². The van der Waals surface area contributed by atoms with Gasteiger partial charge in [0.2, 0.25) is 5.91 Å². The smallest absolute Gasteiger partial charge is 0.223 e. The predicted molar refractivity (Wildman–Crippen MR) is 119 cm³/mol. The Balaban J connectivity index is 1.19. The van der Waals surface area contributed by atoms with Gasteiger partial charge in [-0.05, 0) is 55.0 Å². The summed E-state index contributed by atoms with van der Waals surface area (Å²) in [5.41, 5.74) is 4.82. The summed E-state index contributed by atoms with van der Waals surface area (Å²) in [5.74, 6) is 0.738. The van der Waals surface area contributed by atoms with Crippen LogP contribution in [0.25, 0.3) is 0 Å². The number of nitrogens with zero attached hydrogens (tertiary/aromatic N) is 5. The maximum Gasteiger partial charge on any atom is 0.223 e. The maximum atomic E-state index is 13.1. The van der Waals surface area contributed by atoms with E-state index in [9.17, 15) is 4.79 Å². The zero-order valence-corrected chi connectivity index (χ0v) is 18.0. The van der Waals surface area contributed by atoms with Gasteiger partial charge in [-0.25, -0.2) is 4.98 Å². The minimum Gasteiger partial charge on any atom is -0.338 e. The average molecular weight is 422 g/mol.